The molecule has 1 aliphatic heterocycles. The molecule has 10 nitrogen and oxygen atoms in total. The van der Waals surface area contributed by atoms with Gasteiger partial charge in [-0.2, -0.15) is 13.7 Å². The van der Waals surface area contributed by atoms with Crippen LogP contribution in [0, 0.1) is 6.92 Å². The number of ether oxygens (including phenoxy) is 1. The van der Waals surface area contributed by atoms with E-state index in [0.717, 1.165) is 41.7 Å². The minimum Gasteiger partial charge on any atom is -0.478 e. The van der Waals surface area contributed by atoms with Gasteiger partial charge in [0.2, 0.25) is 5.65 Å². The summed E-state index contributed by atoms with van der Waals surface area (Å²) in [5, 5.41) is 6.40. The molecule has 2 N–H and O–H groups in total. The molecular formula is C21H24N8O2S. The van der Waals surface area contributed by atoms with Crippen molar-refractivity contribution in [3.63, 3.8) is 0 Å². The lowest BCUT2D eigenvalue weighted by molar-refractivity contribution is 0.102. The second-order valence-electron chi connectivity index (χ2n) is 8.17. The van der Waals surface area contributed by atoms with Gasteiger partial charge in [-0.15, -0.1) is 0 Å². The molecule has 1 aliphatic rings. The van der Waals surface area contributed by atoms with E-state index >= 15 is 0 Å². The number of aromatic nitrogens is 5. The molecule has 1 saturated heterocycles. The number of methoxy groups -OCH3 is 1. The molecule has 0 aliphatic carbocycles. The third-order valence-corrected chi connectivity index (χ3v) is 6.03. The maximum absolute atomic E-state index is 13.2. The van der Waals surface area contributed by atoms with Crippen molar-refractivity contribution in [1.29, 1.82) is 0 Å². The zero-order chi connectivity index (χ0) is 22.4. The molecule has 0 radical (unpaired) electrons. The molecule has 32 heavy (non-hydrogen) atoms. The van der Waals surface area contributed by atoms with Crippen LogP contribution in [-0.4, -0.2) is 61.3 Å². The Balaban J connectivity index is 1.47. The van der Waals surface area contributed by atoms with Crippen molar-refractivity contribution in [3.8, 4) is 5.88 Å². The van der Waals surface area contributed by atoms with Crippen molar-refractivity contribution in [3.05, 3.63) is 35.8 Å². The fourth-order valence-corrected chi connectivity index (χ4v) is 4.86. The van der Waals surface area contributed by atoms with Crippen LogP contribution in [0.2, 0.25) is 0 Å². The molecule has 2 atom stereocenters. The predicted octanol–water partition coefficient (Wildman–Crippen LogP) is 2.49. The number of carbonyl (C=O) groups is 1. The van der Waals surface area contributed by atoms with Gasteiger partial charge >= 0.3 is 0 Å². The van der Waals surface area contributed by atoms with Crippen molar-refractivity contribution in [1.82, 2.24) is 28.4 Å². The Bertz CT molecular complexity index is 1310. The number of anilines is 2. The highest BCUT2D eigenvalue weighted by Gasteiger charge is 2.25. The van der Waals surface area contributed by atoms with Gasteiger partial charge in [-0.05, 0) is 32.9 Å². The van der Waals surface area contributed by atoms with Crippen LogP contribution < -0.4 is 20.3 Å². The van der Waals surface area contributed by atoms with Crippen molar-refractivity contribution >= 4 is 45.8 Å². The van der Waals surface area contributed by atoms with Gasteiger partial charge in [-0.25, -0.2) is 4.98 Å². The minimum absolute atomic E-state index is 0.304. The number of rotatable bonds is 4. The monoisotopic (exact) mass is 452 g/mol. The third-order valence-electron chi connectivity index (χ3n) is 5.50. The second-order valence-corrected chi connectivity index (χ2v) is 8.70. The summed E-state index contributed by atoms with van der Waals surface area (Å²) in [7, 11) is 1.53. The highest BCUT2D eigenvalue weighted by atomic mass is 32.1. The summed E-state index contributed by atoms with van der Waals surface area (Å²) in [5.41, 5.74) is 4.22. The number of nitrogens with zero attached hydrogens (tertiary/aromatic N) is 6. The summed E-state index contributed by atoms with van der Waals surface area (Å²) < 4.78 is 16.1. The number of imidazole rings is 1. The van der Waals surface area contributed by atoms with Gasteiger partial charge in [-0.3, -0.25) is 9.20 Å². The summed E-state index contributed by atoms with van der Waals surface area (Å²) in [6, 6.07) is 4.50. The molecular weight excluding hydrogens is 428 g/mol. The molecule has 4 aromatic rings. The Morgan fingerprint density at radius 2 is 1.91 bits per heavy atom. The summed E-state index contributed by atoms with van der Waals surface area (Å²) >= 11 is 1.11. The zero-order valence-corrected chi connectivity index (χ0v) is 19.1. The fourth-order valence-electron chi connectivity index (χ4n) is 4.29. The Kier molecular flexibility index (Phi) is 5.14. The maximum atomic E-state index is 13.2. The van der Waals surface area contributed by atoms with Gasteiger partial charge in [0.05, 0.1) is 42.0 Å². The lowest BCUT2D eigenvalue weighted by Crippen LogP contribution is -2.54. The smallest absolute Gasteiger partial charge is 0.260 e. The van der Waals surface area contributed by atoms with Gasteiger partial charge in [0.15, 0.2) is 5.82 Å². The van der Waals surface area contributed by atoms with E-state index in [0.29, 0.717) is 40.5 Å². The molecule has 166 valence electrons. The second kappa shape index (κ2) is 7.99. The van der Waals surface area contributed by atoms with Crippen LogP contribution in [0.3, 0.4) is 0 Å². The number of nitrogens with one attached hydrogen (secondary N) is 2. The van der Waals surface area contributed by atoms with Gasteiger partial charge in [0.1, 0.15) is 11.0 Å². The Labute approximate surface area is 189 Å². The molecule has 0 bridgehead atoms. The minimum atomic E-state index is -0.304. The van der Waals surface area contributed by atoms with Crippen LogP contribution >= 0.6 is 11.7 Å². The Hall–Kier alpha value is -3.31. The van der Waals surface area contributed by atoms with E-state index in [9.17, 15) is 4.79 Å². The van der Waals surface area contributed by atoms with Gasteiger partial charge in [-0.1, -0.05) is 0 Å². The first-order valence-electron chi connectivity index (χ1n) is 10.4. The van der Waals surface area contributed by atoms with E-state index in [4.69, 9.17) is 4.74 Å². The van der Waals surface area contributed by atoms with E-state index in [1.165, 1.54) is 7.11 Å². The first-order chi connectivity index (χ1) is 15.4. The van der Waals surface area contributed by atoms with E-state index < -0.39 is 0 Å². The third kappa shape index (κ3) is 3.63. The van der Waals surface area contributed by atoms with E-state index in [2.05, 4.69) is 48.1 Å². The fraction of sp³-hybridized carbons (Fsp3) is 0.381. The number of hydrogen-bond acceptors (Lipinski definition) is 9. The van der Waals surface area contributed by atoms with Crippen molar-refractivity contribution in [2.75, 3.05) is 30.4 Å². The number of fused-ring (bicyclic) bond motifs is 2. The van der Waals surface area contributed by atoms with Crippen LogP contribution in [-0.2, 0) is 0 Å². The average Bonchev–Trinajstić information content (AvgIpc) is 3.37. The van der Waals surface area contributed by atoms with Crippen LogP contribution in [0.1, 0.15) is 29.9 Å². The highest BCUT2D eigenvalue weighted by molar-refractivity contribution is 7.00. The largest absolute Gasteiger partial charge is 0.478 e. The number of benzene rings is 1. The number of hydrogen-bond donors (Lipinski definition) is 2. The number of piperazine rings is 1. The van der Waals surface area contributed by atoms with Crippen LogP contribution in [0.15, 0.2) is 24.5 Å². The van der Waals surface area contributed by atoms with Crippen LogP contribution in [0.4, 0.5) is 11.5 Å². The Morgan fingerprint density at radius 1 is 1.16 bits per heavy atom. The molecule has 1 amide bonds. The quantitative estimate of drug-likeness (QED) is 0.486. The summed E-state index contributed by atoms with van der Waals surface area (Å²) in [6.45, 7) is 7.97. The van der Waals surface area contributed by atoms with Crippen molar-refractivity contribution < 1.29 is 9.53 Å². The topological polar surface area (TPSA) is 110 Å². The highest BCUT2D eigenvalue weighted by Crippen LogP contribution is 2.30. The lowest BCUT2D eigenvalue weighted by atomic mass is 10.1. The van der Waals surface area contributed by atoms with Gasteiger partial charge < -0.3 is 20.3 Å². The molecule has 11 heteroatoms. The van der Waals surface area contributed by atoms with E-state index in [1.807, 2.05) is 25.3 Å². The summed E-state index contributed by atoms with van der Waals surface area (Å²) in [5.74, 6) is 0.401. The molecule has 0 saturated carbocycles. The standard InChI is InChI=1S/C21H24N8O2S/c1-11-7-28(8-12(2)22-11)15-6-5-14(17-18(15)27-32-26-17)20(30)24-16-10-29-9-13(3)23-19(29)21(25-16)31-4/h5-6,9-12,22H,7-8H2,1-4H3,(H,24,30)/t11-,12-/m0/s1. The van der Waals surface area contributed by atoms with E-state index in [1.54, 1.807) is 10.6 Å². The molecule has 0 unspecified atom stereocenters. The molecule has 5 rings (SSSR count). The van der Waals surface area contributed by atoms with Gasteiger partial charge in [0.25, 0.3) is 11.8 Å². The predicted molar refractivity (Wildman–Crippen MR) is 124 cm³/mol. The Morgan fingerprint density at radius 3 is 2.66 bits per heavy atom. The van der Waals surface area contributed by atoms with Crippen LogP contribution in [0.5, 0.6) is 5.88 Å². The average molecular weight is 453 g/mol. The molecule has 0 spiro atoms. The van der Waals surface area contributed by atoms with E-state index in [-0.39, 0.29) is 5.91 Å². The van der Waals surface area contributed by atoms with Crippen LogP contribution in [0.25, 0.3) is 16.7 Å². The molecule has 1 fully saturated rings. The van der Waals surface area contributed by atoms with Crippen molar-refractivity contribution in [2.24, 2.45) is 0 Å². The number of carbonyl (C=O) groups excluding carboxylic acids is 1. The first kappa shape index (κ1) is 20.6. The summed E-state index contributed by atoms with van der Waals surface area (Å²) in [6.07, 6.45) is 3.56. The number of amides is 1. The first-order valence-corrected chi connectivity index (χ1v) is 11.1. The SMILES string of the molecule is COc1nc(NC(=O)c2ccc(N3C[C@H](C)N[C@@H](C)C3)c3nsnc23)cn2cc(C)nc12. The van der Waals surface area contributed by atoms with Gasteiger partial charge in [0, 0.05) is 31.4 Å². The van der Waals surface area contributed by atoms with Crippen molar-refractivity contribution in [2.45, 2.75) is 32.9 Å². The lowest BCUT2D eigenvalue weighted by Gasteiger charge is -2.37. The molecule has 4 heterocycles. The number of aryl methyl sites for hydroxylation is 1. The molecule has 3 aromatic heterocycles. The summed E-state index contributed by atoms with van der Waals surface area (Å²) in [4.78, 5) is 24.2. The molecule has 1 aromatic carbocycles. The zero-order valence-electron chi connectivity index (χ0n) is 18.3. The normalized spacial score (nSPS) is 18.9. The maximum Gasteiger partial charge on any atom is 0.260 e.